The Bertz CT molecular complexity index is 334. The van der Waals surface area contributed by atoms with Gasteiger partial charge < -0.3 is 15.4 Å². The number of hydrogen-bond acceptors (Lipinski definition) is 3. The predicted octanol–water partition coefficient (Wildman–Crippen LogP) is 1.08. The molecule has 1 heterocycles. The van der Waals surface area contributed by atoms with Crippen LogP contribution in [0.4, 0.5) is 4.79 Å². The Kier molecular flexibility index (Phi) is 2.87. The molecule has 2 N–H and O–H groups in total. The van der Waals surface area contributed by atoms with E-state index in [0.29, 0.717) is 31.3 Å². The van der Waals surface area contributed by atoms with E-state index >= 15 is 0 Å². The third kappa shape index (κ3) is 2.27. The monoisotopic (exact) mass is 206 g/mol. The van der Waals surface area contributed by atoms with E-state index in [2.05, 4.69) is 0 Å². The smallest absolute Gasteiger partial charge is 0.410 e. The average molecular weight is 206 g/mol. The van der Waals surface area contributed by atoms with Gasteiger partial charge in [0, 0.05) is 19.0 Å². The zero-order chi connectivity index (χ0) is 10.7. The van der Waals surface area contributed by atoms with Crippen LogP contribution in [-0.4, -0.2) is 30.6 Å². The van der Waals surface area contributed by atoms with Crippen LogP contribution >= 0.6 is 0 Å². The maximum Gasteiger partial charge on any atom is 0.415 e. The second kappa shape index (κ2) is 4.31. The molecule has 1 aliphatic heterocycles. The molecule has 1 aromatic rings. The Morgan fingerprint density at radius 3 is 2.67 bits per heavy atom. The molecule has 80 valence electrons. The lowest BCUT2D eigenvalue weighted by Crippen LogP contribution is -2.53. The molecule has 0 bridgehead atoms. The van der Waals surface area contributed by atoms with Gasteiger partial charge in [-0.1, -0.05) is 18.2 Å². The number of carbonyl (C=O) groups excluding carboxylic acids is 1. The maximum absolute atomic E-state index is 11.5. The van der Waals surface area contributed by atoms with Crippen LogP contribution in [0.3, 0.4) is 0 Å². The number of rotatable bonds is 2. The lowest BCUT2D eigenvalue weighted by Gasteiger charge is -2.37. The van der Waals surface area contributed by atoms with Crippen molar-refractivity contribution >= 4 is 6.09 Å². The van der Waals surface area contributed by atoms with Gasteiger partial charge in [0.15, 0.2) is 0 Å². The molecule has 1 fully saturated rings. The van der Waals surface area contributed by atoms with E-state index in [1.165, 1.54) is 0 Å². The predicted molar refractivity (Wildman–Crippen MR) is 56.6 cm³/mol. The summed E-state index contributed by atoms with van der Waals surface area (Å²) in [7, 11) is 0. The molecule has 1 amide bonds. The largest absolute Gasteiger partial charge is 0.415 e. The van der Waals surface area contributed by atoms with Gasteiger partial charge in [-0.2, -0.15) is 0 Å². The van der Waals surface area contributed by atoms with Crippen LogP contribution in [0.1, 0.15) is 0 Å². The van der Waals surface area contributed by atoms with Crippen molar-refractivity contribution in [3.05, 3.63) is 30.3 Å². The fourth-order valence-corrected chi connectivity index (χ4v) is 1.52. The van der Waals surface area contributed by atoms with E-state index in [-0.39, 0.29) is 6.09 Å². The Morgan fingerprint density at radius 1 is 1.40 bits per heavy atom. The molecule has 15 heavy (non-hydrogen) atoms. The molecule has 0 radical (unpaired) electrons. The van der Waals surface area contributed by atoms with Crippen molar-refractivity contribution in [1.82, 2.24) is 4.90 Å². The number of benzene rings is 1. The van der Waals surface area contributed by atoms with E-state index in [9.17, 15) is 4.79 Å². The minimum absolute atomic E-state index is 0.286. The summed E-state index contributed by atoms with van der Waals surface area (Å²) < 4.78 is 5.16. The number of carbonyl (C=O) groups is 1. The molecule has 0 spiro atoms. The molecular formula is C11H14N2O2. The minimum atomic E-state index is -0.286. The zero-order valence-electron chi connectivity index (χ0n) is 8.43. The first-order chi connectivity index (χ1) is 7.29. The van der Waals surface area contributed by atoms with Gasteiger partial charge in [0.2, 0.25) is 0 Å². The van der Waals surface area contributed by atoms with Crippen LogP contribution in [0, 0.1) is 5.92 Å². The van der Waals surface area contributed by atoms with E-state index in [0.717, 1.165) is 0 Å². The number of likely N-dealkylation sites (tertiary alicyclic amines) is 1. The van der Waals surface area contributed by atoms with Crippen LogP contribution < -0.4 is 10.5 Å². The summed E-state index contributed by atoms with van der Waals surface area (Å²) in [5, 5.41) is 0. The summed E-state index contributed by atoms with van der Waals surface area (Å²) in [6, 6.07) is 9.07. The van der Waals surface area contributed by atoms with Crippen molar-refractivity contribution < 1.29 is 9.53 Å². The molecule has 0 aliphatic carbocycles. The van der Waals surface area contributed by atoms with Gasteiger partial charge in [0.25, 0.3) is 0 Å². The summed E-state index contributed by atoms with van der Waals surface area (Å²) in [5.74, 6) is 1.02. The van der Waals surface area contributed by atoms with Crippen molar-refractivity contribution in [2.75, 3.05) is 19.6 Å². The van der Waals surface area contributed by atoms with Crippen LogP contribution in [0.15, 0.2) is 30.3 Å². The Labute approximate surface area is 88.6 Å². The third-order valence-corrected chi connectivity index (χ3v) is 2.50. The van der Waals surface area contributed by atoms with Crippen molar-refractivity contribution in [2.45, 2.75) is 0 Å². The summed E-state index contributed by atoms with van der Waals surface area (Å²) in [4.78, 5) is 13.2. The lowest BCUT2D eigenvalue weighted by molar-refractivity contribution is 0.0906. The highest BCUT2D eigenvalue weighted by Gasteiger charge is 2.30. The van der Waals surface area contributed by atoms with E-state index in [4.69, 9.17) is 10.5 Å². The fourth-order valence-electron chi connectivity index (χ4n) is 1.52. The molecule has 4 nitrogen and oxygen atoms in total. The maximum atomic E-state index is 11.5. The highest BCUT2D eigenvalue weighted by molar-refractivity contribution is 5.71. The van der Waals surface area contributed by atoms with Crippen LogP contribution in [0.2, 0.25) is 0 Å². The zero-order valence-corrected chi connectivity index (χ0v) is 8.43. The van der Waals surface area contributed by atoms with Crippen LogP contribution in [0.5, 0.6) is 5.75 Å². The third-order valence-electron chi connectivity index (χ3n) is 2.50. The highest BCUT2D eigenvalue weighted by atomic mass is 16.6. The number of para-hydroxylation sites is 1. The second-order valence-electron chi connectivity index (χ2n) is 3.69. The minimum Gasteiger partial charge on any atom is -0.410 e. The molecule has 4 heteroatoms. The number of ether oxygens (including phenoxy) is 1. The molecule has 2 rings (SSSR count). The number of amides is 1. The second-order valence-corrected chi connectivity index (χ2v) is 3.69. The highest BCUT2D eigenvalue weighted by Crippen LogP contribution is 2.17. The van der Waals surface area contributed by atoms with E-state index in [1.54, 1.807) is 17.0 Å². The topological polar surface area (TPSA) is 55.6 Å². The van der Waals surface area contributed by atoms with Gasteiger partial charge >= 0.3 is 6.09 Å². The molecule has 1 aliphatic rings. The van der Waals surface area contributed by atoms with Crippen molar-refractivity contribution in [2.24, 2.45) is 11.7 Å². The first kappa shape index (κ1) is 9.98. The number of nitrogens with two attached hydrogens (primary N) is 1. The molecule has 1 saturated heterocycles. The summed E-state index contributed by atoms with van der Waals surface area (Å²) >= 11 is 0. The van der Waals surface area contributed by atoms with Crippen LogP contribution in [0.25, 0.3) is 0 Å². The number of nitrogens with zero attached hydrogens (tertiary/aromatic N) is 1. The average Bonchev–Trinajstić information content (AvgIpc) is 2.17. The summed E-state index contributed by atoms with van der Waals surface area (Å²) in [6.07, 6.45) is -0.286. The van der Waals surface area contributed by atoms with E-state index in [1.807, 2.05) is 18.2 Å². The summed E-state index contributed by atoms with van der Waals surface area (Å²) in [5.41, 5.74) is 5.47. The first-order valence-corrected chi connectivity index (χ1v) is 5.01. The molecule has 0 unspecified atom stereocenters. The quantitative estimate of drug-likeness (QED) is 0.787. The van der Waals surface area contributed by atoms with Gasteiger partial charge in [-0.25, -0.2) is 4.79 Å². The van der Waals surface area contributed by atoms with Gasteiger partial charge in [0.1, 0.15) is 5.75 Å². The van der Waals surface area contributed by atoms with Gasteiger partial charge in [0.05, 0.1) is 0 Å². The molecule has 0 saturated carbocycles. The van der Waals surface area contributed by atoms with Gasteiger partial charge in [-0.3, -0.25) is 0 Å². The standard InChI is InChI=1S/C11H14N2O2/c12-6-9-7-13(8-9)11(14)15-10-4-2-1-3-5-10/h1-5,9H,6-8,12H2. The first-order valence-electron chi connectivity index (χ1n) is 5.01. The van der Waals surface area contributed by atoms with Crippen molar-refractivity contribution in [3.63, 3.8) is 0 Å². The Hall–Kier alpha value is -1.55. The van der Waals surface area contributed by atoms with E-state index < -0.39 is 0 Å². The van der Waals surface area contributed by atoms with Gasteiger partial charge in [-0.05, 0) is 18.7 Å². The molecular weight excluding hydrogens is 192 g/mol. The normalized spacial score (nSPS) is 15.9. The van der Waals surface area contributed by atoms with Gasteiger partial charge in [-0.15, -0.1) is 0 Å². The molecule has 0 atom stereocenters. The Balaban J connectivity index is 1.84. The summed E-state index contributed by atoms with van der Waals surface area (Å²) in [6.45, 7) is 2.06. The fraction of sp³-hybridized carbons (Fsp3) is 0.364. The molecule has 0 aromatic heterocycles. The van der Waals surface area contributed by atoms with Crippen molar-refractivity contribution in [1.29, 1.82) is 0 Å². The molecule has 1 aromatic carbocycles. The number of hydrogen-bond donors (Lipinski definition) is 1. The SMILES string of the molecule is NCC1CN(C(=O)Oc2ccccc2)C1. The lowest BCUT2D eigenvalue weighted by atomic mass is 10.0. The van der Waals surface area contributed by atoms with Crippen molar-refractivity contribution in [3.8, 4) is 5.75 Å². The van der Waals surface area contributed by atoms with Crippen LogP contribution in [-0.2, 0) is 0 Å². The Morgan fingerprint density at radius 2 is 2.07 bits per heavy atom.